The van der Waals surface area contributed by atoms with Crippen molar-refractivity contribution >= 4 is 5.69 Å². The highest BCUT2D eigenvalue weighted by atomic mass is 19.2. The number of nitrogens with one attached hydrogen (secondary N) is 1. The summed E-state index contributed by atoms with van der Waals surface area (Å²) in [5.74, 6) is -6.22. The van der Waals surface area contributed by atoms with E-state index in [1.165, 1.54) is 0 Å². The van der Waals surface area contributed by atoms with Gasteiger partial charge in [0, 0.05) is 24.9 Å². The molecule has 1 aromatic carbocycles. The molecule has 3 rings (SSSR count). The predicted octanol–water partition coefficient (Wildman–Crippen LogP) is 3.34. The van der Waals surface area contributed by atoms with Crippen molar-refractivity contribution in [2.75, 3.05) is 18.5 Å². The van der Waals surface area contributed by atoms with Gasteiger partial charge in [-0.15, -0.1) is 0 Å². The van der Waals surface area contributed by atoms with Crippen LogP contribution in [0, 0.1) is 23.3 Å². The van der Waals surface area contributed by atoms with E-state index in [9.17, 15) is 17.6 Å². The van der Waals surface area contributed by atoms with Crippen molar-refractivity contribution in [3.8, 4) is 0 Å². The lowest BCUT2D eigenvalue weighted by Crippen LogP contribution is -2.39. The van der Waals surface area contributed by atoms with Gasteiger partial charge in [-0.1, -0.05) is 0 Å². The lowest BCUT2D eigenvalue weighted by molar-refractivity contribution is -0.177. The molecule has 0 atom stereocenters. The summed E-state index contributed by atoms with van der Waals surface area (Å²) in [4.78, 5) is 0. The van der Waals surface area contributed by atoms with Crippen molar-refractivity contribution in [3.63, 3.8) is 0 Å². The summed E-state index contributed by atoms with van der Waals surface area (Å²) in [6.45, 7) is 1.08. The molecule has 1 aliphatic heterocycles. The molecular formula is C14H15F4NO2. The number of hydrogen-bond donors (Lipinski definition) is 1. The van der Waals surface area contributed by atoms with Crippen LogP contribution in [0.4, 0.5) is 23.2 Å². The normalized spacial score (nSPS) is 21.9. The molecule has 0 bridgehead atoms. The third-order valence-corrected chi connectivity index (χ3v) is 4.02. The van der Waals surface area contributed by atoms with Crippen molar-refractivity contribution in [3.05, 3.63) is 29.3 Å². The van der Waals surface area contributed by atoms with Crippen LogP contribution < -0.4 is 5.32 Å². The van der Waals surface area contributed by atoms with Crippen molar-refractivity contribution < 1.29 is 27.0 Å². The maximum Gasteiger partial charge on any atom is 0.185 e. The summed E-state index contributed by atoms with van der Waals surface area (Å²) in [7, 11) is 0. The monoisotopic (exact) mass is 305 g/mol. The molecule has 1 saturated heterocycles. The lowest BCUT2D eigenvalue weighted by atomic mass is 9.90. The Hall–Kier alpha value is -1.34. The predicted molar refractivity (Wildman–Crippen MR) is 66.8 cm³/mol. The Morgan fingerprint density at radius 2 is 1.48 bits per heavy atom. The molecule has 2 aliphatic rings. The molecular weight excluding hydrogens is 290 g/mol. The van der Waals surface area contributed by atoms with Crippen LogP contribution in [0.1, 0.15) is 25.7 Å². The molecule has 1 heterocycles. The van der Waals surface area contributed by atoms with Gasteiger partial charge < -0.3 is 14.8 Å². The molecule has 1 aliphatic carbocycles. The van der Waals surface area contributed by atoms with E-state index in [1.807, 2.05) is 0 Å². The fourth-order valence-electron chi connectivity index (χ4n) is 2.89. The number of hydrogen-bond acceptors (Lipinski definition) is 3. The first-order chi connectivity index (χ1) is 10.0. The van der Waals surface area contributed by atoms with Gasteiger partial charge in [0.25, 0.3) is 0 Å². The zero-order valence-corrected chi connectivity index (χ0v) is 11.2. The van der Waals surface area contributed by atoms with Gasteiger partial charge in [-0.2, -0.15) is 0 Å². The van der Waals surface area contributed by atoms with E-state index in [0.717, 1.165) is 0 Å². The summed E-state index contributed by atoms with van der Waals surface area (Å²) in [5.41, 5.74) is -0.748. The van der Waals surface area contributed by atoms with Crippen LogP contribution in [0.15, 0.2) is 6.07 Å². The summed E-state index contributed by atoms with van der Waals surface area (Å²) < 4.78 is 64.6. The average molecular weight is 305 g/mol. The standard InChI is InChI=1S/C14H15F4NO2/c15-9-7-10(16)12(18)13(11(9)17)19-8-1-3-14(4-2-8)20-5-6-21-14/h7-8,19H,1-6H2. The van der Waals surface area contributed by atoms with E-state index in [4.69, 9.17) is 9.47 Å². The van der Waals surface area contributed by atoms with E-state index in [1.54, 1.807) is 0 Å². The minimum absolute atomic E-state index is 0.200. The van der Waals surface area contributed by atoms with E-state index < -0.39 is 34.7 Å². The van der Waals surface area contributed by atoms with Gasteiger partial charge in [0.1, 0.15) is 5.69 Å². The molecule has 0 amide bonds. The number of ether oxygens (including phenoxy) is 2. The Morgan fingerprint density at radius 3 is 2.00 bits per heavy atom. The van der Waals surface area contributed by atoms with Crippen molar-refractivity contribution in [2.24, 2.45) is 0 Å². The maximum absolute atomic E-state index is 13.6. The SMILES string of the molecule is Fc1cc(F)c(F)c(NC2CCC3(CC2)OCCO3)c1F. The van der Waals surface area contributed by atoms with Crippen molar-refractivity contribution in [1.29, 1.82) is 0 Å². The number of benzene rings is 1. The molecule has 0 unspecified atom stereocenters. The highest BCUT2D eigenvalue weighted by Gasteiger charge is 2.40. The Bertz CT molecular complexity index is 510. The van der Waals surface area contributed by atoms with Gasteiger partial charge in [-0.25, -0.2) is 17.6 Å². The zero-order chi connectivity index (χ0) is 15.0. The second-order valence-corrected chi connectivity index (χ2v) is 5.37. The Kier molecular flexibility index (Phi) is 3.79. The van der Waals surface area contributed by atoms with Crippen molar-refractivity contribution in [2.45, 2.75) is 37.5 Å². The van der Waals surface area contributed by atoms with Gasteiger partial charge in [0.15, 0.2) is 29.1 Å². The smallest absolute Gasteiger partial charge is 0.185 e. The first kappa shape index (κ1) is 14.6. The van der Waals surface area contributed by atoms with E-state index in [0.29, 0.717) is 38.9 Å². The molecule has 3 nitrogen and oxygen atoms in total. The molecule has 1 saturated carbocycles. The molecule has 1 spiro atoms. The van der Waals surface area contributed by atoms with Gasteiger partial charge in [0.05, 0.1) is 13.2 Å². The fraction of sp³-hybridized carbons (Fsp3) is 0.571. The van der Waals surface area contributed by atoms with Gasteiger partial charge in [-0.05, 0) is 12.8 Å². The zero-order valence-electron chi connectivity index (χ0n) is 11.2. The Balaban J connectivity index is 1.71. The van der Waals surface area contributed by atoms with E-state index >= 15 is 0 Å². The number of halogens is 4. The van der Waals surface area contributed by atoms with Crippen LogP contribution in [-0.4, -0.2) is 25.0 Å². The van der Waals surface area contributed by atoms with Crippen LogP contribution in [0.5, 0.6) is 0 Å². The highest BCUT2D eigenvalue weighted by molar-refractivity contribution is 5.48. The Labute approximate surface area is 119 Å². The number of anilines is 1. The summed E-state index contributed by atoms with van der Waals surface area (Å²) in [5, 5.41) is 2.56. The van der Waals surface area contributed by atoms with Gasteiger partial charge in [-0.3, -0.25) is 0 Å². The molecule has 1 N–H and O–H groups in total. The van der Waals surface area contributed by atoms with Crippen LogP contribution in [0.25, 0.3) is 0 Å². The summed E-state index contributed by atoms with van der Waals surface area (Å²) >= 11 is 0. The molecule has 116 valence electrons. The van der Waals surface area contributed by atoms with Crippen LogP contribution in [0.2, 0.25) is 0 Å². The number of rotatable bonds is 2. The Morgan fingerprint density at radius 1 is 0.952 bits per heavy atom. The summed E-state index contributed by atoms with van der Waals surface area (Å²) in [6.07, 6.45) is 2.23. The van der Waals surface area contributed by atoms with Crippen LogP contribution in [0.3, 0.4) is 0 Å². The lowest BCUT2D eigenvalue weighted by Gasteiger charge is -2.36. The van der Waals surface area contributed by atoms with Crippen molar-refractivity contribution in [1.82, 2.24) is 0 Å². The largest absolute Gasteiger partial charge is 0.377 e. The molecule has 1 aromatic rings. The van der Waals surface area contributed by atoms with Crippen LogP contribution in [-0.2, 0) is 9.47 Å². The maximum atomic E-state index is 13.6. The molecule has 0 aromatic heterocycles. The second-order valence-electron chi connectivity index (χ2n) is 5.37. The molecule has 0 radical (unpaired) electrons. The van der Waals surface area contributed by atoms with Gasteiger partial charge >= 0.3 is 0 Å². The topological polar surface area (TPSA) is 30.5 Å². The minimum Gasteiger partial charge on any atom is -0.377 e. The fourth-order valence-corrected chi connectivity index (χ4v) is 2.89. The van der Waals surface area contributed by atoms with Crippen LogP contribution >= 0.6 is 0 Å². The third-order valence-electron chi connectivity index (χ3n) is 4.02. The molecule has 21 heavy (non-hydrogen) atoms. The quantitative estimate of drug-likeness (QED) is 0.671. The minimum atomic E-state index is -1.41. The molecule has 2 fully saturated rings. The summed E-state index contributed by atoms with van der Waals surface area (Å²) in [6, 6.07) is -0.0834. The average Bonchev–Trinajstić information content (AvgIpc) is 2.92. The van der Waals surface area contributed by atoms with Gasteiger partial charge in [0.2, 0.25) is 0 Å². The first-order valence-electron chi connectivity index (χ1n) is 6.88. The second kappa shape index (κ2) is 5.46. The third kappa shape index (κ3) is 2.72. The first-order valence-corrected chi connectivity index (χ1v) is 6.88. The van der Waals surface area contributed by atoms with E-state index in [2.05, 4.69) is 5.32 Å². The van der Waals surface area contributed by atoms with E-state index in [-0.39, 0.29) is 12.1 Å². The highest BCUT2D eigenvalue weighted by Crippen LogP contribution is 2.37. The molecule has 7 heteroatoms.